The maximum atomic E-state index is 15.3. The zero-order chi connectivity index (χ0) is 37.8. The Hall–Kier alpha value is -3.39. The SMILES string of the molecule is [2H]C([2H])([2H])Oc1cc2c(Oc3ccc4[nH]c(C)cc4c3F)ncnc2cc1OC([2H])([2H])C([2H])([2H])C([2H])([2H])N1C([2H])([2H])C([2H])([2H])C([2H])([2H])C1([2H])[2H]. The first-order valence-corrected chi connectivity index (χ1v) is 9.44. The van der Waals surface area contributed by atoms with E-state index in [1.165, 1.54) is 18.2 Å². The van der Waals surface area contributed by atoms with Gasteiger partial charge in [0.05, 0.1) is 31.4 Å². The number of aromatic amines is 1. The van der Waals surface area contributed by atoms with E-state index >= 15 is 4.39 Å². The minimum Gasteiger partial charge on any atom is -0.493 e. The number of methoxy groups -OCH3 is 1. The summed E-state index contributed by atoms with van der Waals surface area (Å²) in [6.45, 7) is -14.3. The molecule has 8 heteroatoms. The van der Waals surface area contributed by atoms with Crippen molar-refractivity contribution in [2.75, 3.05) is 33.1 Å². The van der Waals surface area contributed by atoms with Crippen LogP contribution in [0.25, 0.3) is 21.8 Å². The molecule has 0 bridgehead atoms. The Balaban J connectivity index is 1.59. The molecule has 0 saturated carbocycles. The summed E-state index contributed by atoms with van der Waals surface area (Å²) in [5.41, 5.74) is 0.956. The molecule has 5 rings (SSSR count). The fourth-order valence-corrected chi connectivity index (χ4v) is 3.16. The minimum absolute atomic E-state index is 0.134. The number of hydrogen-bond donors (Lipinski definition) is 1. The van der Waals surface area contributed by atoms with Crippen LogP contribution in [-0.4, -0.2) is 52.9 Å². The molecular formula is C25H27FN4O3. The number of halogens is 1. The lowest BCUT2D eigenvalue weighted by Crippen LogP contribution is -2.21. The maximum Gasteiger partial charge on any atom is 0.230 e. The van der Waals surface area contributed by atoms with Crippen LogP contribution in [0.3, 0.4) is 0 Å². The molecule has 0 radical (unpaired) electrons. The van der Waals surface area contributed by atoms with E-state index in [-0.39, 0.29) is 27.9 Å². The van der Waals surface area contributed by atoms with Crippen molar-refractivity contribution in [3.63, 3.8) is 0 Å². The van der Waals surface area contributed by atoms with Gasteiger partial charge in [0, 0.05) is 45.6 Å². The van der Waals surface area contributed by atoms with Gasteiger partial charge in [-0.15, -0.1) is 0 Å². The Morgan fingerprint density at radius 3 is 2.88 bits per heavy atom. The number of rotatable bonds is 8. The molecule has 1 aliphatic rings. The number of aryl methyl sites for hydroxylation is 1. The molecule has 0 atom stereocenters. The fraction of sp³-hybridized carbons (Fsp3) is 0.360. The number of H-pyrrole nitrogens is 1. The van der Waals surface area contributed by atoms with Crippen molar-refractivity contribution < 1.29 is 41.9 Å². The van der Waals surface area contributed by atoms with Crippen LogP contribution in [0.4, 0.5) is 4.39 Å². The molecule has 0 aliphatic carbocycles. The van der Waals surface area contributed by atoms with Crippen molar-refractivity contribution in [2.45, 2.75) is 26.0 Å². The Morgan fingerprint density at radius 1 is 1.15 bits per heavy atom. The first kappa shape index (κ1) is 9.46. The predicted octanol–water partition coefficient (Wildman–Crippen LogP) is 5.22. The third kappa shape index (κ3) is 4.43. The fourth-order valence-electron chi connectivity index (χ4n) is 3.16. The van der Waals surface area contributed by atoms with Gasteiger partial charge in [0.1, 0.15) is 6.33 Å². The topological polar surface area (TPSA) is 72.5 Å². The molecule has 4 aromatic rings. The number of ether oxygens (including phenoxy) is 3. The number of nitrogens with one attached hydrogen (secondary N) is 1. The average molecular weight is 468 g/mol. The third-order valence-electron chi connectivity index (χ3n) is 4.60. The van der Waals surface area contributed by atoms with Gasteiger partial charge in [0.2, 0.25) is 5.88 Å². The van der Waals surface area contributed by atoms with E-state index < -0.39 is 74.4 Å². The monoisotopic (exact) mass is 467 g/mol. The molecule has 2 aromatic carbocycles. The second kappa shape index (κ2) is 9.23. The van der Waals surface area contributed by atoms with Crippen LogP contribution in [-0.2, 0) is 0 Å². The van der Waals surface area contributed by atoms with Gasteiger partial charge in [-0.2, -0.15) is 0 Å². The van der Waals surface area contributed by atoms with Gasteiger partial charge in [-0.05, 0) is 63.3 Å². The lowest BCUT2D eigenvalue weighted by atomic mass is 10.2. The summed E-state index contributed by atoms with van der Waals surface area (Å²) in [4.78, 5) is 10.2. The van der Waals surface area contributed by atoms with Crippen molar-refractivity contribution in [1.82, 2.24) is 19.9 Å². The normalized spacial score (nSPS) is 29.7. The minimum atomic E-state index is -4.21. The summed E-state index contributed by atoms with van der Waals surface area (Å²) < 4.78 is 169. The van der Waals surface area contributed by atoms with E-state index in [1.54, 1.807) is 6.92 Å². The highest BCUT2D eigenvalue weighted by Crippen LogP contribution is 2.37. The number of aromatic nitrogens is 3. The van der Waals surface area contributed by atoms with E-state index in [1.807, 2.05) is 0 Å². The summed E-state index contributed by atoms with van der Waals surface area (Å²) >= 11 is 0. The lowest BCUT2D eigenvalue weighted by Gasteiger charge is -2.16. The third-order valence-corrected chi connectivity index (χ3v) is 4.60. The van der Waals surface area contributed by atoms with Gasteiger partial charge in [-0.3, -0.25) is 0 Å². The van der Waals surface area contributed by atoms with Crippen molar-refractivity contribution in [3.05, 3.63) is 48.2 Å². The Bertz CT molecular complexity index is 1960. The summed E-state index contributed by atoms with van der Waals surface area (Å²) in [5, 5.41) is 0.0601. The van der Waals surface area contributed by atoms with Crippen molar-refractivity contribution >= 4 is 21.8 Å². The van der Waals surface area contributed by atoms with E-state index in [2.05, 4.69) is 15.0 Å². The van der Waals surface area contributed by atoms with Crippen LogP contribution in [0.15, 0.2) is 36.7 Å². The highest BCUT2D eigenvalue weighted by Gasteiger charge is 2.17. The molecule has 2 aromatic heterocycles. The Morgan fingerprint density at radius 2 is 2.03 bits per heavy atom. The second-order valence-electron chi connectivity index (χ2n) is 6.74. The molecule has 3 heterocycles. The summed E-state index contributed by atoms with van der Waals surface area (Å²) in [6, 6.07) is 6.11. The second-order valence-corrected chi connectivity index (χ2v) is 6.74. The van der Waals surface area contributed by atoms with E-state index in [4.69, 9.17) is 37.5 Å². The van der Waals surface area contributed by atoms with Crippen LogP contribution in [0.1, 0.15) is 48.1 Å². The van der Waals surface area contributed by atoms with E-state index in [0.29, 0.717) is 11.2 Å². The van der Waals surface area contributed by atoms with E-state index in [9.17, 15) is 0 Å². The summed E-state index contributed by atoms with van der Waals surface area (Å²) in [5.74, 6) is -3.13. The van der Waals surface area contributed by atoms with Crippen LogP contribution in [0.2, 0.25) is 0 Å². The highest BCUT2D eigenvalue weighted by molar-refractivity contribution is 5.87. The van der Waals surface area contributed by atoms with Gasteiger partial charge >= 0.3 is 0 Å². The quantitative estimate of drug-likeness (QED) is 0.383. The summed E-state index contributed by atoms with van der Waals surface area (Å²) in [7, 11) is -3.26. The predicted molar refractivity (Wildman–Crippen MR) is 125 cm³/mol. The van der Waals surface area contributed by atoms with Gasteiger partial charge in [0.25, 0.3) is 0 Å². The number of likely N-dealkylation sites (tertiary alicyclic amines) is 1. The summed E-state index contributed by atoms with van der Waals surface area (Å²) in [6.07, 6.45) is -10.8. The molecule has 1 aliphatic heterocycles. The van der Waals surface area contributed by atoms with Crippen LogP contribution >= 0.6 is 0 Å². The number of fused-ring (bicyclic) bond motifs is 2. The molecule has 0 spiro atoms. The molecule has 0 unspecified atom stereocenters. The largest absolute Gasteiger partial charge is 0.493 e. The van der Waals surface area contributed by atoms with Gasteiger partial charge in [0.15, 0.2) is 23.1 Å². The number of benzene rings is 2. The molecule has 33 heavy (non-hydrogen) atoms. The number of nitrogens with zero attached hydrogens (tertiary/aromatic N) is 3. The van der Waals surface area contributed by atoms with E-state index in [0.717, 1.165) is 18.5 Å². The smallest absolute Gasteiger partial charge is 0.230 e. The van der Waals surface area contributed by atoms with Crippen LogP contribution < -0.4 is 14.2 Å². The molecule has 1 N–H and O–H groups in total. The first-order chi connectivity index (χ1) is 22.5. The van der Waals surface area contributed by atoms with Crippen molar-refractivity contribution in [2.24, 2.45) is 0 Å². The number of hydrogen-bond acceptors (Lipinski definition) is 6. The maximum absolute atomic E-state index is 15.3. The lowest BCUT2D eigenvalue weighted by molar-refractivity contribution is 0.254. The van der Waals surface area contributed by atoms with Crippen LogP contribution in [0, 0.1) is 12.7 Å². The van der Waals surface area contributed by atoms with Crippen LogP contribution in [0.5, 0.6) is 23.1 Å². The molecular weight excluding hydrogens is 423 g/mol. The van der Waals surface area contributed by atoms with Gasteiger partial charge < -0.3 is 24.1 Å². The Kier molecular flexibility index (Phi) is 2.65. The van der Waals surface area contributed by atoms with Crippen molar-refractivity contribution in [3.8, 4) is 23.1 Å². The molecule has 1 fully saturated rings. The van der Waals surface area contributed by atoms with Gasteiger partial charge in [-0.1, -0.05) is 0 Å². The van der Waals surface area contributed by atoms with Gasteiger partial charge in [-0.25, -0.2) is 14.4 Å². The zero-order valence-corrected chi connectivity index (χ0v) is 16.9. The zero-order valence-electron chi connectivity index (χ0n) is 33.9. The molecule has 7 nitrogen and oxygen atoms in total. The average Bonchev–Trinajstić information content (AvgIpc) is 3.36. The first-order valence-electron chi connectivity index (χ1n) is 17.9. The molecule has 0 amide bonds. The Labute approximate surface area is 215 Å². The molecule has 1 saturated heterocycles. The standard InChI is InChI=1S/C25H27FN4O3/c1-16-12-17-19(29-16)6-7-21(24(17)26)33-25-18-13-22(31-2)23(14-20(18)27-15-28-25)32-11-5-10-30-8-3-4-9-30/h6-7,12-15,29H,3-5,8-11H2,1-2H3/i2D3,3D2,4D2,5D2,8D2,9D2,10D2,11D2. The molecule has 172 valence electrons. The van der Waals surface area contributed by atoms with Crippen molar-refractivity contribution in [1.29, 1.82) is 0 Å². The highest BCUT2D eigenvalue weighted by atomic mass is 19.1.